The molecule has 0 fully saturated rings. The number of aryl methyl sites for hydroxylation is 1. The minimum atomic E-state index is 0.650. The number of hydrogen-bond acceptors (Lipinski definition) is 4. The van der Waals surface area contributed by atoms with Gasteiger partial charge in [0.05, 0.1) is 17.5 Å². The molecule has 0 bridgehead atoms. The molecule has 2 aliphatic rings. The van der Waals surface area contributed by atoms with Crippen LogP contribution >= 0.6 is 23.2 Å². The zero-order valence-corrected chi connectivity index (χ0v) is 25.9. The van der Waals surface area contributed by atoms with Gasteiger partial charge in [-0.2, -0.15) is 4.57 Å². The molecule has 0 atom stereocenters. The topological polar surface area (TPSA) is 32.7 Å². The molecule has 44 heavy (non-hydrogen) atoms. The Kier molecular flexibility index (Phi) is 7.51. The van der Waals surface area contributed by atoms with E-state index in [2.05, 4.69) is 65.6 Å². The molecule has 218 valence electrons. The van der Waals surface area contributed by atoms with Crippen molar-refractivity contribution in [1.29, 1.82) is 0 Å². The highest BCUT2D eigenvalue weighted by atomic mass is 35.5. The Labute approximate surface area is 266 Å². The number of aromatic nitrogens is 1. The second-order valence-electron chi connectivity index (χ2n) is 10.8. The Morgan fingerprint density at radius 2 is 1.48 bits per heavy atom. The monoisotopic (exact) mass is 618 g/mol. The fourth-order valence-electron chi connectivity index (χ4n) is 5.81. The lowest BCUT2D eigenvalue weighted by Gasteiger charge is -2.28. The van der Waals surface area contributed by atoms with Crippen molar-refractivity contribution in [3.63, 3.8) is 0 Å². The molecule has 0 N–H and O–H groups in total. The summed E-state index contributed by atoms with van der Waals surface area (Å²) in [4.78, 5) is 4.38. The van der Waals surface area contributed by atoms with Gasteiger partial charge in [0.2, 0.25) is 5.58 Å². The standard InChI is InChI=1S/C37H30Cl2N3O2/c1-40-31-19-17-27(38)23-33(31)43-35(40)21-15-25-13-14-26(16-22-36-41(2)32-20-18-28(39)24-34(32)44-36)37(25)42(29-9-5-3-6-10-29)30-11-7-4-8-12-30/h3-12,15-24H,13-14H2,1-2H3/q+1. The predicted molar refractivity (Wildman–Crippen MR) is 179 cm³/mol. The number of rotatable bonds is 6. The molecule has 0 saturated heterocycles. The lowest BCUT2D eigenvalue weighted by molar-refractivity contribution is -0.652. The first-order valence-electron chi connectivity index (χ1n) is 14.5. The molecule has 7 heteroatoms. The van der Waals surface area contributed by atoms with Gasteiger partial charge in [0.15, 0.2) is 11.6 Å². The molecule has 5 nitrogen and oxygen atoms in total. The summed E-state index contributed by atoms with van der Waals surface area (Å²) in [7, 11) is 4.01. The SMILES string of the molecule is CN1/C(=C/C=C2\CCC(/C=C/c3oc4cc(Cl)ccc4[n+]3C)=C2N(c2ccccc2)c2ccccc2)Oc2cc(Cl)ccc21. The van der Waals surface area contributed by atoms with E-state index in [0.717, 1.165) is 64.2 Å². The second kappa shape index (κ2) is 11.8. The van der Waals surface area contributed by atoms with Crippen LogP contribution in [-0.2, 0) is 7.05 Å². The maximum absolute atomic E-state index is 6.24. The number of anilines is 3. The maximum Gasteiger partial charge on any atom is 0.373 e. The van der Waals surface area contributed by atoms with Gasteiger partial charge >= 0.3 is 5.89 Å². The fraction of sp³-hybridized carbons (Fsp3) is 0.108. The minimum Gasteiger partial charge on any atom is -0.439 e. The van der Waals surface area contributed by atoms with E-state index in [1.807, 2.05) is 84.2 Å². The van der Waals surface area contributed by atoms with E-state index in [1.54, 1.807) is 0 Å². The van der Waals surface area contributed by atoms with E-state index < -0.39 is 0 Å². The predicted octanol–water partition coefficient (Wildman–Crippen LogP) is 9.76. The molecule has 0 radical (unpaired) electrons. The molecule has 1 aliphatic heterocycles. The fourth-order valence-corrected chi connectivity index (χ4v) is 6.14. The van der Waals surface area contributed by atoms with Crippen LogP contribution in [0, 0.1) is 0 Å². The molecule has 7 rings (SSSR count). The normalized spacial score (nSPS) is 16.5. The van der Waals surface area contributed by atoms with E-state index in [0.29, 0.717) is 10.0 Å². The number of para-hydroxylation sites is 2. The van der Waals surface area contributed by atoms with E-state index in [-0.39, 0.29) is 0 Å². The first kappa shape index (κ1) is 28.1. The molecule has 0 amide bonds. The molecule has 0 spiro atoms. The average molecular weight is 620 g/mol. The third-order valence-corrected chi connectivity index (χ3v) is 8.51. The van der Waals surface area contributed by atoms with Gasteiger partial charge in [-0.1, -0.05) is 65.7 Å². The van der Waals surface area contributed by atoms with Crippen LogP contribution in [0.4, 0.5) is 17.1 Å². The lowest BCUT2D eigenvalue weighted by Crippen LogP contribution is -2.29. The number of oxazole rings is 1. The molecule has 2 heterocycles. The van der Waals surface area contributed by atoms with Crippen LogP contribution < -0.4 is 19.1 Å². The molecule has 0 saturated carbocycles. The van der Waals surface area contributed by atoms with Crippen molar-refractivity contribution in [3.8, 4) is 5.75 Å². The van der Waals surface area contributed by atoms with Crippen LogP contribution in [0.5, 0.6) is 5.75 Å². The van der Waals surface area contributed by atoms with Crippen molar-refractivity contribution in [3.05, 3.63) is 154 Å². The quantitative estimate of drug-likeness (QED) is 0.177. The number of halogens is 2. The summed E-state index contributed by atoms with van der Waals surface area (Å²) in [5.74, 6) is 2.25. The summed E-state index contributed by atoms with van der Waals surface area (Å²) >= 11 is 12.5. The molecule has 0 unspecified atom stereocenters. The van der Waals surface area contributed by atoms with Gasteiger partial charge in [-0.3, -0.25) is 0 Å². The molecular formula is C37H30Cl2N3O2+. The zero-order valence-electron chi connectivity index (χ0n) is 24.4. The van der Waals surface area contributed by atoms with Crippen molar-refractivity contribution >= 4 is 57.4 Å². The van der Waals surface area contributed by atoms with E-state index in [9.17, 15) is 0 Å². The number of benzene rings is 4. The van der Waals surface area contributed by atoms with Gasteiger partial charge in [0.1, 0.15) is 7.05 Å². The van der Waals surface area contributed by atoms with Crippen LogP contribution in [-0.4, -0.2) is 7.05 Å². The van der Waals surface area contributed by atoms with Gasteiger partial charge in [-0.25, -0.2) is 0 Å². The van der Waals surface area contributed by atoms with Gasteiger partial charge in [0.25, 0.3) is 5.52 Å². The lowest BCUT2D eigenvalue weighted by atomic mass is 10.1. The van der Waals surface area contributed by atoms with Crippen molar-refractivity contribution in [2.45, 2.75) is 12.8 Å². The highest BCUT2D eigenvalue weighted by Crippen LogP contribution is 2.43. The number of hydrogen-bond donors (Lipinski definition) is 0. The Morgan fingerprint density at radius 1 is 0.795 bits per heavy atom. The van der Waals surface area contributed by atoms with Crippen LogP contribution in [0.25, 0.3) is 17.2 Å². The van der Waals surface area contributed by atoms with Crippen molar-refractivity contribution in [2.24, 2.45) is 7.05 Å². The third kappa shape index (κ3) is 5.30. The summed E-state index contributed by atoms with van der Waals surface area (Å²) in [6.45, 7) is 0. The maximum atomic E-state index is 6.24. The highest BCUT2D eigenvalue weighted by Gasteiger charge is 2.28. The molecule has 1 aliphatic carbocycles. The second-order valence-corrected chi connectivity index (χ2v) is 11.7. The molecule has 5 aromatic rings. The molecule has 1 aromatic heterocycles. The van der Waals surface area contributed by atoms with Crippen molar-refractivity contribution in [2.75, 3.05) is 16.8 Å². The molecular weight excluding hydrogens is 589 g/mol. The Balaban J connectivity index is 1.34. The summed E-state index contributed by atoms with van der Waals surface area (Å²) < 4.78 is 14.4. The van der Waals surface area contributed by atoms with Crippen LogP contribution in [0.2, 0.25) is 10.0 Å². The van der Waals surface area contributed by atoms with Crippen LogP contribution in [0.3, 0.4) is 0 Å². The summed E-state index contributed by atoms with van der Waals surface area (Å²) in [6.07, 6.45) is 10.2. The van der Waals surface area contributed by atoms with Gasteiger partial charge in [0, 0.05) is 46.7 Å². The van der Waals surface area contributed by atoms with E-state index in [4.69, 9.17) is 32.4 Å². The Morgan fingerprint density at radius 3 is 2.20 bits per heavy atom. The first-order chi connectivity index (χ1) is 21.5. The number of allylic oxidation sites excluding steroid dienone is 5. The summed E-state index contributed by atoms with van der Waals surface area (Å²) in [5.41, 5.74) is 8.44. The van der Waals surface area contributed by atoms with E-state index >= 15 is 0 Å². The van der Waals surface area contributed by atoms with Crippen LogP contribution in [0.1, 0.15) is 18.7 Å². The van der Waals surface area contributed by atoms with Gasteiger partial charge in [-0.05, 0) is 78.6 Å². The largest absolute Gasteiger partial charge is 0.439 e. The Hall–Kier alpha value is -4.71. The number of ether oxygens (including phenoxy) is 1. The molecule has 4 aromatic carbocycles. The van der Waals surface area contributed by atoms with Crippen LogP contribution in [0.15, 0.2) is 142 Å². The first-order valence-corrected chi connectivity index (χ1v) is 15.2. The smallest absolute Gasteiger partial charge is 0.373 e. The summed E-state index contributed by atoms with van der Waals surface area (Å²) in [6, 6.07) is 32.4. The minimum absolute atomic E-state index is 0.650. The van der Waals surface area contributed by atoms with Gasteiger partial charge < -0.3 is 19.0 Å². The van der Waals surface area contributed by atoms with Crippen molar-refractivity contribution < 1.29 is 13.7 Å². The van der Waals surface area contributed by atoms with E-state index in [1.165, 1.54) is 11.1 Å². The highest BCUT2D eigenvalue weighted by molar-refractivity contribution is 6.31. The van der Waals surface area contributed by atoms with Crippen molar-refractivity contribution in [1.82, 2.24) is 0 Å². The number of nitrogens with zero attached hydrogens (tertiary/aromatic N) is 3. The average Bonchev–Trinajstić information content (AvgIpc) is 3.68. The Bertz CT molecular complexity index is 1950. The number of fused-ring (bicyclic) bond motifs is 2. The van der Waals surface area contributed by atoms with Gasteiger partial charge in [-0.15, -0.1) is 0 Å². The third-order valence-electron chi connectivity index (χ3n) is 8.04. The summed E-state index contributed by atoms with van der Waals surface area (Å²) in [5, 5.41) is 1.30. The zero-order chi connectivity index (χ0) is 30.2.